The predicted molar refractivity (Wildman–Crippen MR) is 52.6 cm³/mol. The molecule has 1 atom stereocenters. The van der Waals surface area contributed by atoms with E-state index in [0.29, 0.717) is 6.04 Å². The SMILES string of the molecule is CNC(C1CCCC1)C(OC)OC. The van der Waals surface area contributed by atoms with Gasteiger partial charge in [0.1, 0.15) is 0 Å². The molecule has 0 heterocycles. The number of hydrogen-bond donors (Lipinski definition) is 1. The van der Waals surface area contributed by atoms with E-state index in [4.69, 9.17) is 9.47 Å². The van der Waals surface area contributed by atoms with Crippen molar-refractivity contribution in [3.63, 3.8) is 0 Å². The van der Waals surface area contributed by atoms with Crippen LogP contribution in [0.5, 0.6) is 0 Å². The van der Waals surface area contributed by atoms with Crippen molar-refractivity contribution in [3.8, 4) is 0 Å². The molecule has 1 rings (SSSR count). The van der Waals surface area contributed by atoms with E-state index in [0.717, 1.165) is 5.92 Å². The van der Waals surface area contributed by atoms with E-state index in [1.807, 2.05) is 7.05 Å². The Kier molecular flexibility index (Phi) is 4.70. The first-order valence-electron chi connectivity index (χ1n) is 5.06. The average Bonchev–Trinajstić information content (AvgIpc) is 2.66. The highest BCUT2D eigenvalue weighted by atomic mass is 16.7. The van der Waals surface area contributed by atoms with Crippen molar-refractivity contribution in [3.05, 3.63) is 0 Å². The van der Waals surface area contributed by atoms with Crippen molar-refractivity contribution in [1.82, 2.24) is 5.32 Å². The first-order chi connectivity index (χ1) is 6.33. The second-order valence-electron chi connectivity index (χ2n) is 3.70. The summed E-state index contributed by atoms with van der Waals surface area (Å²) in [5.74, 6) is 0.717. The highest BCUT2D eigenvalue weighted by molar-refractivity contribution is 4.82. The van der Waals surface area contributed by atoms with Gasteiger partial charge in [0.2, 0.25) is 0 Å². The summed E-state index contributed by atoms with van der Waals surface area (Å²) in [7, 11) is 5.38. The summed E-state index contributed by atoms with van der Waals surface area (Å²) in [6.07, 6.45) is 5.20. The van der Waals surface area contributed by atoms with Gasteiger partial charge in [-0.1, -0.05) is 12.8 Å². The van der Waals surface area contributed by atoms with Crippen molar-refractivity contribution in [1.29, 1.82) is 0 Å². The number of rotatable bonds is 5. The molecular formula is C10H21NO2. The van der Waals surface area contributed by atoms with Crippen molar-refractivity contribution in [2.24, 2.45) is 5.92 Å². The molecule has 0 amide bonds. The lowest BCUT2D eigenvalue weighted by Gasteiger charge is -2.29. The van der Waals surface area contributed by atoms with Gasteiger partial charge in [-0.25, -0.2) is 0 Å². The standard InChI is InChI=1S/C10H21NO2/c1-11-9(10(12-2)13-3)8-6-4-5-7-8/h8-11H,4-7H2,1-3H3. The smallest absolute Gasteiger partial charge is 0.172 e. The van der Waals surface area contributed by atoms with E-state index in [9.17, 15) is 0 Å². The second kappa shape index (κ2) is 5.58. The van der Waals surface area contributed by atoms with Gasteiger partial charge < -0.3 is 14.8 Å². The van der Waals surface area contributed by atoms with Crippen LogP contribution in [0, 0.1) is 5.92 Å². The van der Waals surface area contributed by atoms with E-state index < -0.39 is 0 Å². The Bertz CT molecular complexity index is 129. The van der Waals surface area contributed by atoms with Crippen LogP contribution in [0.1, 0.15) is 25.7 Å². The third kappa shape index (κ3) is 2.66. The highest BCUT2D eigenvalue weighted by Crippen LogP contribution is 2.29. The maximum Gasteiger partial charge on any atom is 0.172 e. The van der Waals surface area contributed by atoms with Crippen LogP contribution in [0.3, 0.4) is 0 Å². The molecule has 1 N–H and O–H groups in total. The van der Waals surface area contributed by atoms with E-state index in [2.05, 4.69) is 5.32 Å². The number of hydrogen-bond acceptors (Lipinski definition) is 3. The van der Waals surface area contributed by atoms with Crippen LogP contribution in [-0.4, -0.2) is 33.6 Å². The molecule has 0 aromatic rings. The molecule has 3 heteroatoms. The van der Waals surface area contributed by atoms with Gasteiger partial charge in [0, 0.05) is 14.2 Å². The summed E-state index contributed by atoms with van der Waals surface area (Å²) in [6, 6.07) is 0.345. The third-order valence-electron chi connectivity index (χ3n) is 3.00. The lowest BCUT2D eigenvalue weighted by molar-refractivity contribution is -0.131. The van der Waals surface area contributed by atoms with Gasteiger partial charge in [-0.2, -0.15) is 0 Å². The summed E-state index contributed by atoms with van der Waals surface area (Å²) in [5, 5.41) is 3.30. The molecule has 0 spiro atoms. The third-order valence-corrected chi connectivity index (χ3v) is 3.00. The quantitative estimate of drug-likeness (QED) is 0.660. The van der Waals surface area contributed by atoms with Crippen molar-refractivity contribution in [2.45, 2.75) is 38.0 Å². The minimum Gasteiger partial charge on any atom is -0.354 e. The fourth-order valence-electron chi connectivity index (χ4n) is 2.30. The molecule has 13 heavy (non-hydrogen) atoms. The van der Waals surface area contributed by atoms with Crippen LogP contribution in [0.2, 0.25) is 0 Å². The van der Waals surface area contributed by atoms with Gasteiger partial charge in [0.15, 0.2) is 6.29 Å². The zero-order valence-corrected chi connectivity index (χ0v) is 8.88. The Morgan fingerprint density at radius 3 is 2.08 bits per heavy atom. The van der Waals surface area contributed by atoms with Crippen LogP contribution >= 0.6 is 0 Å². The molecule has 0 aromatic heterocycles. The largest absolute Gasteiger partial charge is 0.354 e. The van der Waals surface area contributed by atoms with Gasteiger partial charge in [-0.3, -0.25) is 0 Å². The van der Waals surface area contributed by atoms with Crippen LogP contribution in [0.4, 0.5) is 0 Å². The Hall–Kier alpha value is -0.120. The summed E-state index contributed by atoms with van der Waals surface area (Å²) in [4.78, 5) is 0. The molecule has 0 aromatic carbocycles. The zero-order valence-electron chi connectivity index (χ0n) is 8.88. The summed E-state index contributed by atoms with van der Waals surface area (Å²) >= 11 is 0. The molecule has 1 fully saturated rings. The lowest BCUT2D eigenvalue weighted by Crippen LogP contribution is -2.44. The van der Waals surface area contributed by atoms with Gasteiger partial charge in [0.25, 0.3) is 0 Å². The van der Waals surface area contributed by atoms with E-state index >= 15 is 0 Å². The normalized spacial score (nSPS) is 21.2. The molecule has 1 saturated carbocycles. The van der Waals surface area contributed by atoms with Gasteiger partial charge in [-0.05, 0) is 25.8 Å². The van der Waals surface area contributed by atoms with Crippen LogP contribution in [0.25, 0.3) is 0 Å². The molecule has 1 unspecified atom stereocenters. The molecule has 0 radical (unpaired) electrons. The van der Waals surface area contributed by atoms with Crippen LogP contribution in [-0.2, 0) is 9.47 Å². The van der Waals surface area contributed by atoms with Crippen molar-refractivity contribution >= 4 is 0 Å². The minimum atomic E-state index is -0.104. The maximum atomic E-state index is 5.28. The molecule has 0 aliphatic heterocycles. The number of ether oxygens (including phenoxy) is 2. The van der Waals surface area contributed by atoms with E-state index in [1.54, 1.807) is 14.2 Å². The first kappa shape index (κ1) is 11.0. The van der Waals surface area contributed by atoms with Crippen LogP contribution < -0.4 is 5.32 Å². The monoisotopic (exact) mass is 187 g/mol. The zero-order chi connectivity index (χ0) is 9.68. The Balaban J connectivity index is 2.48. The minimum absolute atomic E-state index is 0.104. The van der Waals surface area contributed by atoms with Crippen molar-refractivity contribution < 1.29 is 9.47 Å². The number of methoxy groups -OCH3 is 2. The molecule has 1 aliphatic carbocycles. The highest BCUT2D eigenvalue weighted by Gasteiger charge is 2.30. The van der Waals surface area contributed by atoms with Crippen molar-refractivity contribution in [2.75, 3.05) is 21.3 Å². The molecule has 3 nitrogen and oxygen atoms in total. The topological polar surface area (TPSA) is 30.5 Å². The number of nitrogens with one attached hydrogen (secondary N) is 1. The van der Waals surface area contributed by atoms with Crippen LogP contribution in [0.15, 0.2) is 0 Å². The molecule has 1 aliphatic rings. The maximum absolute atomic E-state index is 5.28. The first-order valence-corrected chi connectivity index (χ1v) is 5.06. The fourth-order valence-corrected chi connectivity index (χ4v) is 2.30. The Morgan fingerprint density at radius 2 is 1.69 bits per heavy atom. The molecular weight excluding hydrogens is 166 g/mol. The summed E-state index contributed by atoms with van der Waals surface area (Å²) < 4.78 is 10.6. The Morgan fingerprint density at radius 1 is 1.15 bits per heavy atom. The average molecular weight is 187 g/mol. The predicted octanol–water partition coefficient (Wildman–Crippen LogP) is 1.38. The second-order valence-corrected chi connectivity index (χ2v) is 3.70. The lowest BCUT2D eigenvalue weighted by atomic mass is 9.98. The van der Waals surface area contributed by atoms with Gasteiger partial charge in [0.05, 0.1) is 6.04 Å². The van der Waals surface area contributed by atoms with E-state index in [-0.39, 0.29) is 6.29 Å². The van der Waals surface area contributed by atoms with Gasteiger partial charge in [-0.15, -0.1) is 0 Å². The Labute approximate surface area is 80.8 Å². The molecule has 0 saturated heterocycles. The molecule has 0 bridgehead atoms. The van der Waals surface area contributed by atoms with Gasteiger partial charge >= 0.3 is 0 Å². The summed E-state index contributed by atoms with van der Waals surface area (Å²) in [6.45, 7) is 0. The fraction of sp³-hybridized carbons (Fsp3) is 1.00. The molecule has 78 valence electrons. The summed E-state index contributed by atoms with van der Waals surface area (Å²) in [5.41, 5.74) is 0. The van der Waals surface area contributed by atoms with E-state index in [1.165, 1.54) is 25.7 Å². The number of likely N-dealkylation sites (N-methyl/N-ethyl adjacent to an activating group) is 1.